The van der Waals surface area contributed by atoms with Crippen molar-refractivity contribution in [1.82, 2.24) is 9.80 Å². The zero-order valence-electron chi connectivity index (χ0n) is 15.6. The molecular weight excluding hydrogens is 383 g/mol. The lowest BCUT2D eigenvalue weighted by Gasteiger charge is -2.30. The first-order valence-corrected chi connectivity index (χ1v) is 10.5. The number of thioether (sulfide) groups is 1. The Morgan fingerprint density at radius 1 is 1.30 bits per heavy atom. The Morgan fingerprint density at radius 3 is 2.70 bits per heavy atom. The third-order valence-corrected chi connectivity index (χ3v) is 6.21. The summed E-state index contributed by atoms with van der Waals surface area (Å²) in [5.74, 6) is 0.737. The van der Waals surface area contributed by atoms with Gasteiger partial charge in [0, 0.05) is 29.9 Å². The van der Waals surface area contributed by atoms with Crippen molar-refractivity contribution < 1.29 is 9.18 Å². The molecule has 27 heavy (non-hydrogen) atoms. The number of amides is 1. The maximum absolute atomic E-state index is 13.2. The van der Waals surface area contributed by atoms with E-state index in [0.717, 1.165) is 16.9 Å². The number of carbonyl (C=O) groups is 1. The Kier molecular flexibility index (Phi) is 6.79. The summed E-state index contributed by atoms with van der Waals surface area (Å²) in [5, 5.41) is 0.660. The van der Waals surface area contributed by atoms with Gasteiger partial charge >= 0.3 is 0 Å². The second-order valence-corrected chi connectivity index (χ2v) is 8.62. The number of nitrogens with zero attached hydrogens (tertiary/aromatic N) is 2. The molecule has 1 atom stereocenters. The smallest absolute Gasteiger partial charge is 0.237 e. The van der Waals surface area contributed by atoms with Gasteiger partial charge in [0.25, 0.3) is 0 Å². The summed E-state index contributed by atoms with van der Waals surface area (Å²) in [6, 6.07) is 14.4. The van der Waals surface area contributed by atoms with Gasteiger partial charge in [-0.3, -0.25) is 9.69 Å². The highest BCUT2D eigenvalue weighted by atomic mass is 35.5. The topological polar surface area (TPSA) is 23.6 Å². The van der Waals surface area contributed by atoms with Crippen LogP contribution in [0.2, 0.25) is 5.02 Å². The van der Waals surface area contributed by atoms with E-state index in [4.69, 9.17) is 11.6 Å². The van der Waals surface area contributed by atoms with Gasteiger partial charge in [-0.05, 0) is 49.2 Å². The van der Waals surface area contributed by atoms with Crippen molar-refractivity contribution in [2.75, 3.05) is 18.8 Å². The highest BCUT2D eigenvalue weighted by Gasteiger charge is 2.31. The molecule has 6 heteroatoms. The average Bonchev–Trinajstić information content (AvgIpc) is 3.11. The molecular formula is C21H24ClFN2OS. The lowest BCUT2D eigenvalue weighted by atomic mass is 10.1. The third kappa shape index (κ3) is 5.24. The van der Waals surface area contributed by atoms with Crippen molar-refractivity contribution in [1.29, 1.82) is 0 Å². The summed E-state index contributed by atoms with van der Waals surface area (Å²) < 4.78 is 13.2. The van der Waals surface area contributed by atoms with E-state index >= 15 is 0 Å². The second kappa shape index (κ2) is 9.09. The van der Waals surface area contributed by atoms with Gasteiger partial charge in [-0.2, -0.15) is 0 Å². The second-order valence-electron chi connectivity index (χ2n) is 6.99. The summed E-state index contributed by atoms with van der Waals surface area (Å²) >= 11 is 7.82. The molecule has 144 valence electrons. The minimum Gasteiger partial charge on any atom is -0.325 e. The lowest BCUT2D eigenvalue weighted by molar-refractivity contribution is -0.133. The van der Waals surface area contributed by atoms with E-state index in [9.17, 15) is 9.18 Å². The van der Waals surface area contributed by atoms with Crippen LogP contribution in [0.1, 0.15) is 30.3 Å². The molecule has 0 radical (unpaired) electrons. The van der Waals surface area contributed by atoms with Crippen LogP contribution >= 0.6 is 23.4 Å². The summed E-state index contributed by atoms with van der Waals surface area (Å²) in [7, 11) is 0. The van der Waals surface area contributed by atoms with Crippen molar-refractivity contribution in [3.63, 3.8) is 0 Å². The Bertz CT molecular complexity index is 784. The molecule has 1 heterocycles. The van der Waals surface area contributed by atoms with Crippen molar-refractivity contribution in [2.24, 2.45) is 0 Å². The molecule has 0 spiro atoms. The fourth-order valence-corrected chi connectivity index (χ4v) is 4.68. The van der Waals surface area contributed by atoms with E-state index in [1.54, 1.807) is 23.9 Å². The normalized spacial score (nSPS) is 17.1. The number of carbonyl (C=O) groups excluding carboxylic acids is 1. The molecule has 1 fully saturated rings. The molecule has 0 saturated carbocycles. The molecule has 3 rings (SSSR count). The molecule has 1 aliphatic rings. The minimum absolute atomic E-state index is 0.0433. The van der Waals surface area contributed by atoms with Crippen molar-refractivity contribution in [3.8, 4) is 0 Å². The highest BCUT2D eigenvalue weighted by molar-refractivity contribution is 7.99. The predicted octanol–water partition coefficient (Wildman–Crippen LogP) is 4.96. The standard InChI is InChI=1S/C21H24ClFN2OS/c1-15(2)24(13-16-4-3-5-18(22)12-16)14-20(26)25-10-11-27-21(25)17-6-8-19(23)9-7-17/h3-9,12,15,21H,10-11,13-14H2,1-2H3. The number of rotatable bonds is 6. The first kappa shape index (κ1) is 20.2. The van der Waals surface area contributed by atoms with Gasteiger partial charge in [-0.15, -0.1) is 11.8 Å². The molecule has 0 N–H and O–H groups in total. The van der Waals surface area contributed by atoms with Crippen LogP contribution in [-0.2, 0) is 11.3 Å². The number of benzene rings is 2. The fraction of sp³-hybridized carbons (Fsp3) is 0.381. The van der Waals surface area contributed by atoms with Gasteiger partial charge < -0.3 is 4.90 Å². The van der Waals surface area contributed by atoms with Crippen LogP contribution in [0, 0.1) is 5.82 Å². The summed E-state index contributed by atoms with van der Waals surface area (Å²) in [6.45, 7) is 5.92. The monoisotopic (exact) mass is 406 g/mol. The van der Waals surface area contributed by atoms with E-state index in [2.05, 4.69) is 18.7 Å². The van der Waals surface area contributed by atoms with Crippen LogP contribution in [0.15, 0.2) is 48.5 Å². The first-order valence-electron chi connectivity index (χ1n) is 9.09. The molecule has 1 amide bonds. The number of hydrogen-bond donors (Lipinski definition) is 0. The van der Waals surface area contributed by atoms with E-state index < -0.39 is 0 Å². The van der Waals surface area contributed by atoms with Crippen LogP contribution in [-0.4, -0.2) is 40.6 Å². The Balaban J connectivity index is 1.70. The predicted molar refractivity (Wildman–Crippen MR) is 110 cm³/mol. The van der Waals surface area contributed by atoms with Crippen molar-refractivity contribution >= 4 is 29.3 Å². The summed E-state index contributed by atoms with van der Waals surface area (Å²) in [5.41, 5.74) is 2.06. The van der Waals surface area contributed by atoms with E-state index in [0.29, 0.717) is 24.7 Å². The fourth-order valence-electron chi connectivity index (χ4n) is 3.18. The minimum atomic E-state index is -0.257. The van der Waals surface area contributed by atoms with Gasteiger partial charge in [-0.25, -0.2) is 4.39 Å². The molecule has 0 bridgehead atoms. The average molecular weight is 407 g/mol. The number of halogens is 2. The van der Waals surface area contributed by atoms with E-state index in [1.807, 2.05) is 29.2 Å². The van der Waals surface area contributed by atoms with Crippen LogP contribution in [0.4, 0.5) is 4.39 Å². The zero-order chi connectivity index (χ0) is 19.4. The van der Waals surface area contributed by atoms with Gasteiger partial charge in [-0.1, -0.05) is 35.9 Å². The van der Waals surface area contributed by atoms with Crippen molar-refractivity contribution in [2.45, 2.75) is 31.8 Å². The molecule has 1 saturated heterocycles. The van der Waals surface area contributed by atoms with Gasteiger partial charge in [0.05, 0.1) is 6.54 Å². The molecule has 0 aliphatic carbocycles. The van der Waals surface area contributed by atoms with E-state index in [1.165, 1.54) is 12.1 Å². The summed E-state index contributed by atoms with van der Waals surface area (Å²) in [4.78, 5) is 17.1. The molecule has 2 aromatic carbocycles. The van der Waals surface area contributed by atoms with Crippen LogP contribution in [0.5, 0.6) is 0 Å². The quantitative estimate of drug-likeness (QED) is 0.677. The number of hydrogen-bond acceptors (Lipinski definition) is 3. The van der Waals surface area contributed by atoms with Crippen molar-refractivity contribution in [3.05, 3.63) is 70.5 Å². The molecule has 0 aromatic heterocycles. The zero-order valence-corrected chi connectivity index (χ0v) is 17.1. The SMILES string of the molecule is CC(C)N(CC(=O)N1CCSC1c1ccc(F)cc1)Cc1cccc(Cl)c1. The van der Waals surface area contributed by atoms with Gasteiger partial charge in [0.2, 0.25) is 5.91 Å². The molecule has 3 nitrogen and oxygen atoms in total. The summed E-state index contributed by atoms with van der Waals surface area (Å²) in [6.07, 6.45) is 0. The Morgan fingerprint density at radius 2 is 2.04 bits per heavy atom. The third-order valence-electron chi connectivity index (χ3n) is 4.71. The molecule has 1 unspecified atom stereocenters. The van der Waals surface area contributed by atoms with Crippen LogP contribution in [0.3, 0.4) is 0 Å². The van der Waals surface area contributed by atoms with Gasteiger partial charge in [0.15, 0.2) is 0 Å². The van der Waals surface area contributed by atoms with E-state index in [-0.39, 0.29) is 23.1 Å². The van der Waals surface area contributed by atoms with Gasteiger partial charge in [0.1, 0.15) is 11.2 Å². The largest absolute Gasteiger partial charge is 0.325 e. The maximum Gasteiger partial charge on any atom is 0.237 e. The maximum atomic E-state index is 13.2. The Hall–Kier alpha value is -1.56. The van der Waals surface area contributed by atoms with Crippen LogP contribution < -0.4 is 0 Å². The highest BCUT2D eigenvalue weighted by Crippen LogP contribution is 2.38. The first-order chi connectivity index (χ1) is 12.9. The Labute approximate surface area is 169 Å². The lowest BCUT2D eigenvalue weighted by Crippen LogP contribution is -2.42. The van der Waals surface area contributed by atoms with Crippen LogP contribution in [0.25, 0.3) is 0 Å². The molecule has 2 aromatic rings. The molecule has 1 aliphatic heterocycles.